The van der Waals surface area contributed by atoms with Crippen molar-refractivity contribution in [1.82, 2.24) is 4.90 Å². The minimum Gasteiger partial charge on any atom is -0.495 e. The number of methoxy groups -OCH3 is 1. The number of likely N-dealkylation sites (tertiary alicyclic amines) is 1. The molecule has 1 fully saturated rings. The minimum absolute atomic E-state index is 0.203. The van der Waals surface area contributed by atoms with Crippen molar-refractivity contribution in [3.8, 4) is 5.75 Å². The van der Waals surface area contributed by atoms with Crippen molar-refractivity contribution in [2.75, 3.05) is 25.5 Å². The number of rotatable bonds is 2. The van der Waals surface area contributed by atoms with Gasteiger partial charge >= 0.3 is 6.03 Å². The van der Waals surface area contributed by atoms with E-state index < -0.39 is 6.10 Å². The lowest BCUT2D eigenvalue weighted by Crippen LogP contribution is -2.33. The molecule has 92 valence electrons. The lowest BCUT2D eigenvalue weighted by Gasteiger charge is -2.17. The van der Waals surface area contributed by atoms with E-state index in [1.54, 1.807) is 24.1 Å². The number of urea groups is 1. The Balaban J connectivity index is 2.03. The number of aliphatic hydroxyl groups is 1. The number of carbonyl (C=O) groups excluding carboxylic acids is 1. The Bertz CT molecular complexity index is 408. The molecule has 0 aliphatic carbocycles. The smallest absolute Gasteiger partial charge is 0.322 e. The molecule has 17 heavy (non-hydrogen) atoms. The van der Waals surface area contributed by atoms with Crippen molar-refractivity contribution >= 4 is 11.7 Å². The molecule has 1 aromatic carbocycles. The normalized spacial score (nSPS) is 19.2. The number of ether oxygens (including phenoxy) is 1. The average Bonchev–Trinajstić information content (AvgIpc) is 2.77. The summed E-state index contributed by atoms with van der Waals surface area (Å²) >= 11 is 0. The van der Waals surface area contributed by atoms with Crippen molar-refractivity contribution < 1.29 is 14.6 Å². The molecule has 0 saturated carbocycles. The van der Waals surface area contributed by atoms with Crippen LogP contribution in [0.4, 0.5) is 10.5 Å². The van der Waals surface area contributed by atoms with Crippen LogP contribution < -0.4 is 10.1 Å². The van der Waals surface area contributed by atoms with Gasteiger partial charge in [0.05, 0.1) is 18.9 Å². The number of nitrogens with zero attached hydrogens (tertiary/aromatic N) is 1. The highest BCUT2D eigenvalue weighted by molar-refractivity contribution is 5.91. The van der Waals surface area contributed by atoms with E-state index in [0.29, 0.717) is 30.9 Å². The van der Waals surface area contributed by atoms with Crippen LogP contribution in [0, 0.1) is 0 Å². The van der Waals surface area contributed by atoms with E-state index >= 15 is 0 Å². The molecule has 0 spiro atoms. The molecular formula is C12H16N2O3. The first-order chi connectivity index (χ1) is 8.20. The first-order valence-corrected chi connectivity index (χ1v) is 5.57. The van der Waals surface area contributed by atoms with Crippen molar-refractivity contribution in [1.29, 1.82) is 0 Å². The highest BCUT2D eigenvalue weighted by Gasteiger charge is 2.24. The van der Waals surface area contributed by atoms with Gasteiger partial charge in [0.1, 0.15) is 5.75 Å². The predicted octanol–water partition coefficient (Wildman–Crippen LogP) is 1.29. The van der Waals surface area contributed by atoms with E-state index in [0.717, 1.165) is 0 Å². The van der Waals surface area contributed by atoms with Crippen molar-refractivity contribution in [2.45, 2.75) is 12.5 Å². The Morgan fingerprint density at radius 1 is 1.53 bits per heavy atom. The van der Waals surface area contributed by atoms with Gasteiger partial charge in [-0.25, -0.2) is 4.79 Å². The molecular weight excluding hydrogens is 220 g/mol. The van der Waals surface area contributed by atoms with Crippen molar-refractivity contribution in [3.63, 3.8) is 0 Å². The number of benzene rings is 1. The van der Waals surface area contributed by atoms with Gasteiger partial charge in [0.15, 0.2) is 0 Å². The molecule has 1 unspecified atom stereocenters. The molecule has 1 aliphatic rings. The van der Waals surface area contributed by atoms with E-state index in [9.17, 15) is 9.90 Å². The summed E-state index contributed by atoms with van der Waals surface area (Å²) < 4.78 is 5.15. The monoisotopic (exact) mass is 236 g/mol. The Hall–Kier alpha value is -1.75. The third-order valence-electron chi connectivity index (χ3n) is 2.80. The van der Waals surface area contributed by atoms with Gasteiger partial charge < -0.3 is 20.1 Å². The molecule has 1 atom stereocenters. The largest absolute Gasteiger partial charge is 0.495 e. The maximum atomic E-state index is 11.9. The van der Waals surface area contributed by atoms with Crippen molar-refractivity contribution in [3.05, 3.63) is 24.3 Å². The Morgan fingerprint density at radius 3 is 2.94 bits per heavy atom. The SMILES string of the molecule is COc1ccccc1NC(=O)N1CCC(O)C1. The molecule has 5 nitrogen and oxygen atoms in total. The molecule has 0 radical (unpaired) electrons. The van der Waals surface area contributed by atoms with Gasteiger partial charge in [0, 0.05) is 13.1 Å². The highest BCUT2D eigenvalue weighted by Crippen LogP contribution is 2.23. The van der Waals surface area contributed by atoms with Gasteiger partial charge in [-0.15, -0.1) is 0 Å². The minimum atomic E-state index is -0.404. The van der Waals surface area contributed by atoms with Gasteiger partial charge in [-0.05, 0) is 18.6 Å². The molecule has 0 aromatic heterocycles. The summed E-state index contributed by atoms with van der Waals surface area (Å²) in [7, 11) is 1.56. The maximum Gasteiger partial charge on any atom is 0.322 e. The molecule has 2 rings (SSSR count). The highest BCUT2D eigenvalue weighted by atomic mass is 16.5. The van der Waals surface area contributed by atoms with E-state index in [1.807, 2.05) is 12.1 Å². The summed E-state index contributed by atoms with van der Waals surface area (Å²) in [4.78, 5) is 13.5. The first-order valence-electron chi connectivity index (χ1n) is 5.57. The van der Waals surface area contributed by atoms with E-state index in [1.165, 1.54) is 0 Å². The third kappa shape index (κ3) is 2.68. The molecule has 0 bridgehead atoms. The summed E-state index contributed by atoms with van der Waals surface area (Å²) in [5.41, 5.74) is 0.640. The van der Waals surface area contributed by atoms with Gasteiger partial charge in [-0.2, -0.15) is 0 Å². The van der Waals surface area contributed by atoms with Crippen LogP contribution in [0.15, 0.2) is 24.3 Å². The number of aliphatic hydroxyl groups excluding tert-OH is 1. The van der Waals surface area contributed by atoms with Crippen molar-refractivity contribution in [2.24, 2.45) is 0 Å². The van der Waals surface area contributed by atoms with Crippen LogP contribution in [-0.4, -0.2) is 42.3 Å². The number of carbonyl (C=O) groups is 1. The topological polar surface area (TPSA) is 61.8 Å². The average molecular weight is 236 g/mol. The van der Waals surface area contributed by atoms with Crippen LogP contribution in [0.1, 0.15) is 6.42 Å². The second-order valence-corrected chi connectivity index (χ2v) is 4.02. The maximum absolute atomic E-state index is 11.9. The van der Waals surface area contributed by atoms with Crippen LogP contribution in [0.25, 0.3) is 0 Å². The second kappa shape index (κ2) is 5.05. The lowest BCUT2D eigenvalue weighted by atomic mass is 10.3. The summed E-state index contributed by atoms with van der Waals surface area (Å²) in [6.45, 7) is 0.975. The number of hydrogen-bond donors (Lipinski definition) is 2. The fourth-order valence-electron chi connectivity index (χ4n) is 1.87. The van der Waals surface area contributed by atoms with Crippen LogP contribution in [0.3, 0.4) is 0 Å². The number of β-amino-alcohol motifs (C(OH)–C–C–N with tert-alkyl or cyclic N) is 1. The Kier molecular flexibility index (Phi) is 3.49. The molecule has 1 aliphatic heterocycles. The fraction of sp³-hybridized carbons (Fsp3) is 0.417. The second-order valence-electron chi connectivity index (χ2n) is 4.02. The van der Waals surface area contributed by atoms with Crippen LogP contribution in [0.5, 0.6) is 5.75 Å². The molecule has 2 N–H and O–H groups in total. The quantitative estimate of drug-likeness (QED) is 0.813. The zero-order valence-electron chi connectivity index (χ0n) is 9.72. The molecule has 1 aromatic rings. The van der Waals surface area contributed by atoms with Gasteiger partial charge in [-0.1, -0.05) is 12.1 Å². The molecule has 1 heterocycles. The van der Waals surface area contributed by atoms with E-state index in [4.69, 9.17) is 4.74 Å². The summed E-state index contributed by atoms with van der Waals surface area (Å²) in [6.07, 6.45) is 0.234. The summed E-state index contributed by atoms with van der Waals surface area (Å²) in [6, 6.07) is 7.04. The Labute approximate surface area is 100.0 Å². The van der Waals surface area contributed by atoms with Gasteiger partial charge in [-0.3, -0.25) is 0 Å². The zero-order valence-corrected chi connectivity index (χ0v) is 9.72. The number of para-hydroxylation sites is 2. The third-order valence-corrected chi connectivity index (χ3v) is 2.80. The first kappa shape index (κ1) is 11.7. The lowest BCUT2D eigenvalue weighted by molar-refractivity contribution is 0.176. The van der Waals surface area contributed by atoms with Crippen LogP contribution in [-0.2, 0) is 0 Å². The molecule has 2 amide bonds. The van der Waals surface area contributed by atoms with Crippen LogP contribution >= 0.6 is 0 Å². The number of nitrogens with one attached hydrogen (secondary N) is 1. The Morgan fingerprint density at radius 2 is 2.29 bits per heavy atom. The molecule has 5 heteroatoms. The predicted molar refractivity (Wildman–Crippen MR) is 64.2 cm³/mol. The fourth-order valence-corrected chi connectivity index (χ4v) is 1.87. The zero-order chi connectivity index (χ0) is 12.3. The summed E-state index contributed by atoms with van der Waals surface area (Å²) in [5, 5.41) is 12.1. The number of hydrogen-bond acceptors (Lipinski definition) is 3. The van der Waals surface area contributed by atoms with Gasteiger partial charge in [0.25, 0.3) is 0 Å². The standard InChI is InChI=1S/C12H16N2O3/c1-17-11-5-3-2-4-10(11)13-12(16)14-7-6-9(15)8-14/h2-5,9,15H,6-8H2,1H3,(H,13,16). The molecule has 1 saturated heterocycles. The summed E-state index contributed by atoms with van der Waals surface area (Å²) in [5.74, 6) is 0.626. The van der Waals surface area contributed by atoms with E-state index in [2.05, 4.69) is 5.32 Å². The number of amides is 2. The van der Waals surface area contributed by atoms with Gasteiger partial charge in [0.2, 0.25) is 0 Å². The number of anilines is 1. The van der Waals surface area contributed by atoms with E-state index in [-0.39, 0.29) is 6.03 Å². The van der Waals surface area contributed by atoms with Crippen LogP contribution in [0.2, 0.25) is 0 Å².